The number of hydrogen-bond donors (Lipinski definition) is 3. The van der Waals surface area contributed by atoms with Crippen LogP contribution in [0.1, 0.15) is 40.7 Å². The molecule has 0 fully saturated rings. The smallest absolute Gasteiger partial charge is 0.253 e. The van der Waals surface area contributed by atoms with Crippen LogP contribution >= 0.6 is 0 Å². The van der Waals surface area contributed by atoms with E-state index in [1.54, 1.807) is 19.0 Å². The van der Waals surface area contributed by atoms with Gasteiger partial charge in [0.2, 0.25) is 5.91 Å². The van der Waals surface area contributed by atoms with Crippen LogP contribution in [0.25, 0.3) is 0 Å². The summed E-state index contributed by atoms with van der Waals surface area (Å²) in [6.45, 7) is 4.00. The van der Waals surface area contributed by atoms with Crippen LogP contribution in [0.5, 0.6) is 0 Å². The standard InChI is InChI=1S/C24H31N5O2/c1-4-25-24(26-13-12-17-8-7-9-18(14-17)23(31)29(2)3)27-16-19-15-22(30)28-21-11-6-5-10-20(19)21/h5-11,14,19H,4,12-13,15-16H2,1-3H3,(H,28,30)(H2,25,26,27). The van der Waals surface area contributed by atoms with Gasteiger partial charge < -0.3 is 20.9 Å². The lowest BCUT2D eigenvalue weighted by Crippen LogP contribution is -2.39. The Morgan fingerprint density at radius 1 is 1.16 bits per heavy atom. The molecule has 7 heteroatoms. The molecule has 3 rings (SSSR count). The van der Waals surface area contributed by atoms with Gasteiger partial charge in [-0.25, -0.2) is 0 Å². The first-order valence-corrected chi connectivity index (χ1v) is 10.7. The Labute approximate surface area is 183 Å². The van der Waals surface area contributed by atoms with Crippen LogP contribution in [0.15, 0.2) is 53.5 Å². The molecule has 0 aromatic heterocycles. The summed E-state index contributed by atoms with van der Waals surface area (Å²) in [4.78, 5) is 30.5. The van der Waals surface area contributed by atoms with Gasteiger partial charge in [-0.1, -0.05) is 30.3 Å². The predicted molar refractivity (Wildman–Crippen MR) is 125 cm³/mol. The molecule has 0 saturated carbocycles. The Balaban J connectivity index is 1.61. The van der Waals surface area contributed by atoms with Gasteiger partial charge >= 0.3 is 0 Å². The molecule has 1 aliphatic heterocycles. The molecule has 2 aromatic carbocycles. The van der Waals surface area contributed by atoms with Crippen LogP contribution in [0.3, 0.4) is 0 Å². The van der Waals surface area contributed by atoms with E-state index in [1.807, 2.05) is 49.4 Å². The number of anilines is 1. The number of amides is 2. The number of hydrogen-bond acceptors (Lipinski definition) is 3. The summed E-state index contributed by atoms with van der Waals surface area (Å²) in [5, 5.41) is 9.55. The van der Waals surface area contributed by atoms with Crippen molar-refractivity contribution in [1.82, 2.24) is 15.5 Å². The van der Waals surface area contributed by atoms with Gasteiger partial charge in [-0.2, -0.15) is 0 Å². The molecule has 2 amide bonds. The zero-order chi connectivity index (χ0) is 22.2. The van der Waals surface area contributed by atoms with Gasteiger partial charge in [0.25, 0.3) is 5.91 Å². The molecule has 0 saturated heterocycles. The molecule has 1 unspecified atom stereocenters. The van der Waals surface area contributed by atoms with Gasteiger partial charge in [0, 0.05) is 50.8 Å². The second kappa shape index (κ2) is 10.6. The van der Waals surface area contributed by atoms with Crippen molar-refractivity contribution in [2.45, 2.75) is 25.7 Å². The van der Waals surface area contributed by atoms with E-state index < -0.39 is 0 Å². The highest BCUT2D eigenvalue weighted by molar-refractivity contribution is 5.95. The van der Waals surface area contributed by atoms with Gasteiger partial charge in [-0.15, -0.1) is 0 Å². The number of guanidine groups is 1. The number of carbonyl (C=O) groups is 2. The van der Waals surface area contributed by atoms with Crippen molar-refractivity contribution in [3.8, 4) is 0 Å². The fourth-order valence-electron chi connectivity index (χ4n) is 3.65. The average molecular weight is 422 g/mol. The average Bonchev–Trinajstić information content (AvgIpc) is 2.76. The summed E-state index contributed by atoms with van der Waals surface area (Å²) in [7, 11) is 3.51. The summed E-state index contributed by atoms with van der Waals surface area (Å²) in [6.07, 6.45) is 1.21. The summed E-state index contributed by atoms with van der Waals surface area (Å²) in [5.74, 6) is 0.825. The topological polar surface area (TPSA) is 85.8 Å². The third kappa shape index (κ3) is 6.07. The van der Waals surface area contributed by atoms with Crippen molar-refractivity contribution in [3.63, 3.8) is 0 Å². The minimum atomic E-state index is 0.00140. The lowest BCUT2D eigenvalue weighted by molar-refractivity contribution is -0.116. The largest absolute Gasteiger partial charge is 0.357 e. The lowest BCUT2D eigenvalue weighted by atomic mass is 9.91. The Hall–Kier alpha value is -3.35. The molecule has 31 heavy (non-hydrogen) atoms. The van der Waals surface area contributed by atoms with Crippen molar-refractivity contribution in [1.29, 1.82) is 0 Å². The Morgan fingerprint density at radius 3 is 2.74 bits per heavy atom. The van der Waals surface area contributed by atoms with Crippen molar-refractivity contribution >= 4 is 23.5 Å². The van der Waals surface area contributed by atoms with E-state index >= 15 is 0 Å². The number of rotatable bonds is 7. The maximum absolute atomic E-state index is 12.2. The van der Waals surface area contributed by atoms with Crippen molar-refractivity contribution < 1.29 is 9.59 Å². The Bertz CT molecular complexity index is 954. The number of para-hydroxylation sites is 1. The molecule has 0 aliphatic carbocycles. The normalized spacial score (nSPS) is 15.6. The molecule has 1 aliphatic rings. The number of aliphatic imine (C=N–C) groups is 1. The predicted octanol–water partition coefficient (Wildman–Crippen LogP) is 2.61. The molecule has 1 heterocycles. The Morgan fingerprint density at radius 2 is 1.97 bits per heavy atom. The first kappa shape index (κ1) is 22.3. The van der Waals surface area contributed by atoms with E-state index in [2.05, 4.69) is 22.0 Å². The van der Waals surface area contributed by atoms with Crippen molar-refractivity contribution in [2.24, 2.45) is 4.99 Å². The highest BCUT2D eigenvalue weighted by atomic mass is 16.2. The highest BCUT2D eigenvalue weighted by Gasteiger charge is 2.24. The molecule has 0 radical (unpaired) electrons. The summed E-state index contributed by atoms with van der Waals surface area (Å²) in [6, 6.07) is 15.6. The molecule has 0 bridgehead atoms. The third-order valence-electron chi connectivity index (χ3n) is 5.21. The van der Waals surface area contributed by atoms with Gasteiger partial charge in [0.05, 0.1) is 6.54 Å². The van der Waals surface area contributed by atoms with E-state index in [0.29, 0.717) is 25.1 Å². The van der Waals surface area contributed by atoms with E-state index in [0.717, 1.165) is 35.7 Å². The van der Waals surface area contributed by atoms with E-state index in [-0.39, 0.29) is 17.7 Å². The first-order valence-electron chi connectivity index (χ1n) is 10.7. The van der Waals surface area contributed by atoms with Crippen LogP contribution in [0.4, 0.5) is 5.69 Å². The quantitative estimate of drug-likeness (QED) is 0.474. The zero-order valence-electron chi connectivity index (χ0n) is 18.4. The number of fused-ring (bicyclic) bond motifs is 1. The third-order valence-corrected chi connectivity index (χ3v) is 5.21. The minimum absolute atomic E-state index is 0.00140. The van der Waals surface area contributed by atoms with Crippen LogP contribution in [-0.2, 0) is 11.2 Å². The molecule has 0 spiro atoms. The SMILES string of the molecule is CCNC(=NCC1CC(=O)Nc2ccccc21)NCCc1cccc(C(=O)N(C)C)c1. The van der Waals surface area contributed by atoms with Gasteiger partial charge in [0.1, 0.15) is 0 Å². The zero-order valence-corrected chi connectivity index (χ0v) is 18.4. The molecule has 164 valence electrons. The maximum Gasteiger partial charge on any atom is 0.253 e. The van der Waals surface area contributed by atoms with E-state index in [1.165, 1.54) is 0 Å². The molecular formula is C24H31N5O2. The summed E-state index contributed by atoms with van der Waals surface area (Å²) >= 11 is 0. The first-order chi connectivity index (χ1) is 15.0. The molecular weight excluding hydrogens is 390 g/mol. The van der Waals surface area contributed by atoms with Crippen molar-refractivity contribution in [2.75, 3.05) is 39.0 Å². The number of carbonyl (C=O) groups excluding carboxylic acids is 2. The second-order valence-corrected chi connectivity index (χ2v) is 7.83. The molecule has 2 aromatic rings. The summed E-state index contributed by atoms with van der Waals surface area (Å²) < 4.78 is 0. The van der Waals surface area contributed by atoms with Crippen LogP contribution in [-0.4, -0.2) is 56.4 Å². The monoisotopic (exact) mass is 421 g/mol. The molecule has 1 atom stereocenters. The molecule has 7 nitrogen and oxygen atoms in total. The summed E-state index contributed by atoms with van der Waals surface area (Å²) in [5.41, 5.74) is 3.79. The van der Waals surface area contributed by atoms with Gasteiger partial charge in [0.15, 0.2) is 5.96 Å². The Kier molecular flexibility index (Phi) is 7.65. The fourth-order valence-corrected chi connectivity index (χ4v) is 3.65. The maximum atomic E-state index is 12.2. The molecule has 3 N–H and O–H groups in total. The van der Waals surface area contributed by atoms with Crippen LogP contribution in [0, 0.1) is 0 Å². The number of nitrogens with zero attached hydrogens (tertiary/aromatic N) is 2. The van der Waals surface area contributed by atoms with Gasteiger partial charge in [-0.05, 0) is 42.7 Å². The van der Waals surface area contributed by atoms with Crippen LogP contribution < -0.4 is 16.0 Å². The number of nitrogens with one attached hydrogen (secondary N) is 3. The lowest BCUT2D eigenvalue weighted by Gasteiger charge is -2.24. The van der Waals surface area contributed by atoms with E-state index in [4.69, 9.17) is 4.99 Å². The van der Waals surface area contributed by atoms with E-state index in [9.17, 15) is 9.59 Å². The van der Waals surface area contributed by atoms with Crippen LogP contribution in [0.2, 0.25) is 0 Å². The fraction of sp³-hybridized carbons (Fsp3) is 0.375. The van der Waals surface area contributed by atoms with Crippen molar-refractivity contribution in [3.05, 3.63) is 65.2 Å². The minimum Gasteiger partial charge on any atom is -0.357 e. The van der Waals surface area contributed by atoms with Gasteiger partial charge in [-0.3, -0.25) is 14.6 Å². The highest BCUT2D eigenvalue weighted by Crippen LogP contribution is 2.31. The number of benzene rings is 2. The second-order valence-electron chi connectivity index (χ2n) is 7.83.